The fourth-order valence-corrected chi connectivity index (χ4v) is 3.19. The predicted molar refractivity (Wildman–Crippen MR) is 69.1 cm³/mol. The molecule has 1 aliphatic rings. The monoisotopic (exact) mass is 239 g/mol. The maximum Gasteiger partial charge on any atom is 0.0703 e. The first-order valence-electron chi connectivity index (χ1n) is 6.12. The molecule has 0 atom stereocenters. The Labute approximate surface area is 102 Å². The van der Waals surface area contributed by atoms with E-state index in [1.54, 1.807) is 11.3 Å². The average Bonchev–Trinajstić information content (AvgIpc) is 2.83. The first kappa shape index (κ1) is 12.1. The van der Waals surface area contributed by atoms with Gasteiger partial charge in [-0.1, -0.05) is 0 Å². The Bertz CT molecular complexity index is 291. The van der Waals surface area contributed by atoms with Gasteiger partial charge in [-0.05, 0) is 67.6 Å². The fourth-order valence-electron chi connectivity index (χ4n) is 2.49. The average molecular weight is 239 g/mol. The van der Waals surface area contributed by atoms with Gasteiger partial charge in [-0.2, -0.15) is 11.3 Å². The fraction of sp³-hybridized carbons (Fsp3) is 0.692. The number of piperidine rings is 1. The van der Waals surface area contributed by atoms with Gasteiger partial charge in [-0.3, -0.25) is 0 Å². The molecular weight excluding hydrogens is 218 g/mol. The highest BCUT2D eigenvalue weighted by Crippen LogP contribution is 2.28. The lowest BCUT2D eigenvalue weighted by molar-refractivity contribution is -0.0415. The summed E-state index contributed by atoms with van der Waals surface area (Å²) in [6.07, 6.45) is 5.95. The van der Waals surface area contributed by atoms with Crippen LogP contribution in [0, 0.1) is 0 Å². The van der Waals surface area contributed by atoms with Crippen molar-refractivity contribution in [3.05, 3.63) is 22.4 Å². The Morgan fingerprint density at radius 2 is 2.25 bits per heavy atom. The number of rotatable bonds is 5. The van der Waals surface area contributed by atoms with Crippen molar-refractivity contribution in [3.63, 3.8) is 0 Å². The summed E-state index contributed by atoms with van der Waals surface area (Å²) in [7, 11) is 1.87. The highest BCUT2D eigenvalue weighted by Gasteiger charge is 2.30. The largest absolute Gasteiger partial charge is 0.378 e. The smallest absolute Gasteiger partial charge is 0.0703 e. The zero-order valence-electron chi connectivity index (χ0n) is 10.00. The van der Waals surface area contributed by atoms with Gasteiger partial charge in [0, 0.05) is 7.11 Å². The molecule has 1 aromatic heterocycles. The number of methoxy groups -OCH3 is 1. The molecule has 2 nitrogen and oxygen atoms in total. The van der Waals surface area contributed by atoms with Gasteiger partial charge in [0.15, 0.2) is 0 Å². The molecule has 1 saturated heterocycles. The third-order valence-electron chi connectivity index (χ3n) is 3.63. The van der Waals surface area contributed by atoms with Crippen molar-refractivity contribution >= 4 is 11.3 Å². The van der Waals surface area contributed by atoms with Gasteiger partial charge in [0.2, 0.25) is 0 Å². The van der Waals surface area contributed by atoms with Crippen LogP contribution in [0.25, 0.3) is 0 Å². The van der Waals surface area contributed by atoms with Gasteiger partial charge in [-0.15, -0.1) is 0 Å². The third kappa shape index (κ3) is 3.06. The van der Waals surface area contributed by atoms with Crippen LogP contribution in [0.1, 0.15) is 31.2 Å². The normalized spacial score (nSPS) is 19.8. The molecule has 16 heavy (non-hydrogen) atoms. The topological polar surface area (TPSA) is 21.3 Å². The minimum absolute atomic E-state index is 0.154. The molecule has 2 rings (SSSR count). The van der Waals surface area contributed by atoms with Crippen molar-refractivity contribution in [1.29, 1.82) is 0 Å². The predicted octanol–water partition coefficient (Wildman–Crippen LogP) is 2.84. The number of hydrogen-bond donors (Lipinski definition) is 1. The Hall–Kier alpha value is -0.380. The maximum atomic E-state index is 5.76. The lowest BCUT2D eigenvalue weighted by Gasteiger charge is -2.36. The summed E-state index contributed by atoms with van der Waals surface area (Å²) >= 11 is 1.79. The summed E-state index contributed by atoms with van der Waals surface area (Å²) in [4.78, 5) is 0. The van der Waals surface area contributed by atoms with Crippen LogP contribution in [0.15, 0.2) is 16.8 Å². The quantitative estimate of drug-likeness (QED) is 0.853. The van der Waals surface area contributed by atoms with E-state index in [9.17, 15) is 0 Å². The molecule has 1 fully saturated rings. The van der Waals surface area contributed by atoms with Crippen LogP contribution in [0.4, 0.5) is 0 Å². The molecule has 0 radical (unpaired) electrons. The molecule has 1 N–H and O–H groups in total. The molecule has 3 heteroatoms. The standard InChI is InChI=1S/C13H21NOS/c1-15-13(6-8-14-9-7-13)5-2-3-12-4-10-16-11-12/h4,10-11,14H,2-3,5-9H2,1H3. The minimum atomic E-state index is 0.154. The second-order valence-electron chi connectivity index (χ2n) is 4.62. The van der Waals surface area contributed by atoms with E-state index >= 15 is 0 Å². The number of hydrogen-bond acceptors (Lipinski definition) is 3. The van der Waals surface area contributed by atoms with E-state index in [0.29, 0.717) is 0 Å². The molecule has 0 bridgehead atoms. The molecule has 0 spiro atoms. The molecule has 2 heterocycles. The van der Waals surface area contributed by atoms with E-state index in [1.807, 2.05) is 7.11 Å². The summed E-state index contributed by atoms with van der Waals surface area (Å²) < 4.78 is 5.76. The molecule has 90 valence electrons. The second-order valence-corrected chi connectivity index (χ2v) is 5.40. The summed E-state index contributed by atoms with van der Waals surface area (Å²) in [5.74, 6) is 0. The summed E-state index contributed by atoms with van der Waals surface area (Å²) in [6.45, 7) is 2.21. The highest BCUT2D eigenvalue weighted by atomic mass is 32.1. The number of thiophene rings is 1. The van der Waals surface area contributed by atoms with E-state index in [-0.39, 0.29) is 5.60 Å². The summed E-state index contributed by atoms with van der Waals surface area (Å²) in [5.41, 5.74) is 1.63. The number of nitrogens with one attached hydrogen (secondary N) is 1. The molecule has 0 saturated carbocycles. The van der Waals surface area contributed by atoms with Crippen LogP contribution in [0.3, 0.4) is 0 Å². The van der Waals surface area contributed by atoms with Crippen LogP contribution in [-0.2, 0) is 11.2 Å². The molecule has 1 aliphatic heterocycles. The van der Waals surface area contributed by atoms with E-state index in [1.165, 1.54) is 24.8 Å². The maximum absolute atomic E-state index is 5.76. The van der Waals surface area contributed by atoms with Crippen LogP contribution < -0.4 is 5.32 Å². The summed E-state index contributed by atoms with van der Waals surface area (Å²) in [5, 5.41) is 7.81. The van der Waals surface area contributed by atoms with Crippen molar-refractivity contribution in [2.75, 3.05) is 20.2 Å². The minimum Gasteiger partial charge on any atom is -0.378 e. The molecule has 0 amide bonds. The van der Waals surface area contributed by atoms with E-state index in [2.05, 4.69) is 22.1 Å². The van der Waals surface area contributed by atoms with Crippen molar-refractivity contribution in [2.45, 2.75) is 37.7 Å². The van der Waals surface area contributed by atoms with E-state index in [4.69, 9.17) is 4.74 Å². The lowest BCUT2D eigenvalue weighted by atomic mass is 9.86. The van der Waals surface area contributed by atoms with E-state index < -0.39 is 0 Å². The van der Waals surface area contributed by atoms with Gasteiger partial charge in [0.1, 0.15) is 0 Å². The van der Waals surface area contributed by atoms with Gasteiger partial charge < -0.3 is 10.1 Å². The van der Waals surface area contributed by atoms with E-state index in [0.717, 1.165) is 25.9 Å². The van der Waals surface area contributed by atoms with Gasteiger partial charge in [-0.25, -0.2) is 0 Å². The van der Waals surface area contributed by atoms with Crippen LogP contribution >= 0.6 is 11.3 Å². The van der Waals surface area contributed by atoms with Gasteiger partial charge >= 0.3 is 0 Å². The molecular formula is C13H21NOS. The van der Waals surface area contributed by atoms with Crippen LogP contribution in [0.2, 0.25) is 0 Å². The Balaban J connectivity index is 1.78. The zero-order chi connectivity index (χ0) is 11.3. The first-order valence-corrected chi connectivity index (χ1v) is 7.06. The van der Waals surface area contributed by atoms with Crippen molar-refractivity contribution in [2.24, 2.45) is 0 Å². The van der Waals surface area contributed by atoms with Crippen molar-refractivity contribution < 1.29 is 4.74 Å². The lowest BCUT2D eigenvalue weighted by Crippen LogP contribution is -2.43. The van der Waals surface area contributed by atoms with Crippen LogP contribution in [0.5, 0.6) is 0 Å². The van der Waals surface area contributed by atoms with Crippen molar-refractivity contribution in [3.8, 4) is 0 Å². The molecule has 1 aromatic rings. The van der Waals surface area contributed by atoms with Gasteiger partial charge in [0.25, 0.3) is 0 Å². The third-order valence-corrected chi connectivity index (χ3v) is 4.36. The molecule has 0 aromatic carbocycles. The number of ether oxygens (including phenoxy) is 1. The second kappa shape index (κ2) is 5.80. The van der Waals surface area contributed by atoms with Crippen LogP contribution in [-0.4, -0.2) is 25.8 Å². The SMILES string of the molecule is COC1(CCCc2ccsc2)CCNCC1. The summed E-state index contributed by atoms with van der Waals surface area (Å²) in [6, 6.07) is 2.23. The Kier molecular flexibility index (Phi) is 4.38. The molecule has 0 unspecified atom stereocenters. The Morgan fingerprint density at radius 1 is 1.44 bits per heavy atom. The zero-order valence-corrected chi connectivity index (χ0v) is 10.8. The number of aryl methyl sites for hydroxylation is 1. The Morgan fingerprint density at radius 3 is 2.88 bits per heavy atom. The first-order chi connectivity index (χ1) is 7.85. The molecule has 0 aliphatic carbocycles. The highest BCUT2D eigenvalue weighted by molar-refractivity contribution is 7.07. The van der Waals surface area contributed by atoms with Crippen molar-refractivity contribution in [1.82, 2.24) is 5.32 Å². The van der Waals surface area contributed by atoms with Gasteiger partial charge in [0.05, 0.1) is 5.60 Å².